The van der Waals surface area contributed by atoms with Crippen LogP contribution in [-0.4, -0.2) is 24.4 Å². The average Bonchev–Trinajstić information content (AvgIpc) is 2.48. The Morgan fingerprint density at radius 1 is 1.17 bits per heavy atom. The van der Waals surface area contributed by atoms with Gasteiger partial charge < -0.3 is 15.2 Å². The molecule has 2 rings (SSSR count). The lowest BCUT2D eigenvalue weighted by Crippen LogP contribution is -2.18. The summed E-state index contributed by atoms with van der Waals surface area (Å²) in [6.45, 7) is 0. The molecule has 0 radical (unpaired) electrons. The van der Waals surface area contributed by atoms with E-state index in [0.717, 1.165) is 12.1 Å². The number of hydrogen-bond donors (Lipinski definition) is 2. The van der Waals surface area contributed by atoms with Crippen molar-refractivity contribution in [3.8, 4) is 22.6 Å². The van der Waals surface area contributed by atoms with E-state index in [4.69, 9.17) is 11.6 Å². The van der Waals surface area contributed by atoms with Gasteiger partial charge in [-0.3, -0.25) is 4.79 Å². The maximum absolute atomic E-state index is 12.3. The summed E-state index contributed by atoms with van der Waals surface area (Å²) in [7, 11) is 1.43. The van der Waals surface area contributed by atoms with Crippen LogP contribution in [0.4, 0.5) is 13.2 Å². The van der Waals surface area contributed by atoms with Gasteiger partial charge in [0.1, 0.15) is 0 Å². The second kappa shape index (κ2) is 6.37. The number of amides is 1. The van der Waals surface area contributed by atoms with Crippen molar-refractivity contribution < 1.29 is 27.8 Å². The van der Waals surface area contributed by atoms with Gasteiger partial charge in [0.05, 0.1) is 10.6 Å². The molecule has 0 atom stereocenters. The fourth-order valence-electron chi connectivity index (χ4n) is 1.91. The number of hydrogen-bond acceptors (Lipinski definition) is 3. The highest BCUT2D eigenvalue weighted by atomic mass is 35.5. The molecule has 122 valence electrons. The standard InChI is InChI=1S/C15H11ClF3NO3/c1-20-14(22)10-6-8(2-4-11(10)16)9-3-5-12(21)13(7-9)23-15(17,18)19/h2-7,21H,1H3,(H,20,22). The number of halogens is 4. The lowest BCUT2D eigenvalue weighted by Gasteiger charge is -2.12. The molecule has 23 heavy (non-hydrogen) atoms. The molecule has 2 aromatic rings. The highest BCUT2D eigenvalue weighted by molar-refractivity contribution is 6.34. The van der Waals surface area contributed by atoms with E-state index in [-0.39, 0.29) is 10.6 Å². The average molecular weight is 346 g/mol. The first kappa shape index (κ1) is 17.0. The zero-order valence-corrected chi connectivity index (χ0v) is 12.5. The molecule has 0 aliphatic rings. The Labute approximate surface area is 134 Å². The zero-order chi connectivity index (χ0) is 17.2. The Morgan fingerprint density at radius 2 is 1.78 bits per heavy atom. The van der Waals surface area contributed by atoms with Crippen LogP contribution >= 0.6 is 11.6 Å². The summed E-state index contributed by atoms with van der Waals surface area (Å²) in [6, 6.07) is 7.93. The summed E-state index contributed by atoms with van der Waals surface area (Å²) in [5, 5.41) is 12.1. The van der Waals surface area contributed by atoms with E-state index in [2.05, 4.69) is 10.1 Å². The van der Waals surface area contributed by atoms with Crippen molar-refractivity contribution in [2.45, 2.75) is 6.36 Å². The normalized spacial score (nSPS) is 11.2. The minimum Gasteiger partial charge on any atom is -0.504 e. The maximum atomic E-state index is 12.3. The van der Waals surface area contributed by atoms with Crippen molar-refractivity contribution in [2.24, 2.45) is 0 Å². The molecule has 8 heteroatoms. The van der Waals surface area contributed by atoms with E-state index in [1.807, 2.05) is 0 Å². The summed E-state index contributed by atoms with van der Waals surface area (Å²) in [6.07, 6.45) is -4.93. The third-order valence-electron chi connectivity index (χ3n) is 2.96. The number of phenolic OH excluding ortho intramolecular Hbond substituents is 1. The van der Waals surface area contributed by atoms with Crippen LogP contribution in [0, 0.1) is 0 Å². The van der Waals surface area contributed by atoms with Crippen LogP contribution in [0.3, 0.4) is 0 Å². The van der Waals surface area contributed by atoms with E-state index in [9.17, 15) is 23.1 Å². The summed E-state index contributed by atoms with van der Waals surface area (Å²) >= 11 is 5.93. The lowest BCUT2D eigenvalue weighted by atomic mass is 10.0. The van der Waals surface area contributed by atoms with Crippen LogP contribution in [0.5, 0.6) is 11.5 Å². The Bertz CT molecular complexity index is 747. The fraction of sp³-hybridized carbons (Fsp3) is 0.133. The summed E-state index contributed by atoms with van der Waals surface area (Å²) in [5.74, 6) is -1.81. The van der Waals surface area contributed by atoms with Gasteiger partial charge in [0.2, 0.25) is 0 Å². The van der Waals surface area contributed by atoms with Crippen LogP contribution in [0.25, 0.3) is 11.1 Å². The molecule has 0 heterocycles. The molecule has 1 amide bonds. The number of rotatable bonds is 3. The number of carbonyl (C=O) groups is 1. The third kappa shape index (κ3) is 4.07. The van der Waals surface area contributed by atoms with Gasteiger partial charge in [0.15, 0.2) is 11.5 Å². The van der Waals surface area contributed by atoms with E-state index < -0.39 is 23.8 Å². The first-order chi connectivity index (χ1) is 10.7. The van der Waals surface area contributed by atoms with Gasteiger partial charge in [-0.1, -0.05) is 23.7 Å². The number of phenols is 1. The molecule has 2 aromatic carbocycles. The van der Waals surface area contributed by atoms with Crippen LogP contribution in [0.2, 0.25) is 5.02 Å². The number of alkyl halides is 3. The number of ether oxygens (including phenoxy) is 1. The predicted octanol–water partition coefficient (Wildman–Crippen LogP) is 3.97. The summed E-state index contributed by atoms with van der Waals surface area (Å²) in [5.41, 5.74) is 0.946. The monoisotopic (exact) mass is 345 g/mol. The molecule has 0 unspecified atom stereocenters. The molecular formula is C15H11ClF3NO3. The second-order valence-corrected chi connectivity index (χ2v) is 4.91. The van der Waals surface area contributed by atoms with Crippen LogP contribution in [0.1, 0.15) is 10.4 Å². The molecule has 0 spiro atoms. The summed E-state index contributed by atoms with van der Waals surface area (Å²) < 4.78 is 40.7. The number of aromatic hydroxyl groups is 1. The fourth-order valence-corrected chi connectivity index (χ4v) is 2.12. The van der Waals surface area contributed by atoms with Gasteiger partial charge in [0, 0.05) is 7.05 Å². The SMILES string of the molecule is CNC(=O)c1cc(-c2ccc(O)c(OC(F)(F)F)c2)ccc1Cl. The van der Waals surface area contributed by atoms with E-state index >= 15 is 0 Å². The van der Waals surface area contributed by atoms with Crippen LogP contribution in [0.15, 0.2) is 36.4 Å². The highest BCUT2D eigenvalue weighted by Gasteiger charge is 2.32. The Morgan fingerprint density at radius 3 is 2.39 bits per heavy atom. The lowest BCUT2D eigenvalue weighted by molar-refractivity contribution is -0.275. The van der Waals surface area contributed by atoms with Crippen molar-refractivity contribution >= 4 is 17.5 Å². The molecule has 0 aromatic heterocycles. The first-order valence-corrected chi connectivity index (χ1v) is 6.70. The molecule has 0 bridgehead atoms. The second-order valence-electron chi connectivity index (χ2n) is 4.50. The Balaban J connectivity index is 2.47. The molecule has 0 saturated heterocycles. The van der Waals surface area contributed by atoms with Gasteiger partial charge in [-0.25, -0.2) is 0 Å². The van der Waals surface area contributed by atoms with Crippen molar-refractivity contribution in [1.82, 2.24) is 5.32 Å². The quantitative estimate of drug-likeness (QED) is 0.885. The number of benzene rings is 2. The van der Waals surface area contributed by atoms with E-state index in [1.54, 1.807) is 6.07 Å². The van der Waals surface area contributed by atoms with Crippen LogP contribution < -0.4 is 10.1 Å². The minimum atomic E-state index is -4.93. The van der Waals surface area contributed by atoms with E-state index in [1.165, 1.54) is 25.2 Å². The molecular weight excluding hydrogens is 335 g/mol. The molecule has 4 nitrogen and oxygen atoms in total. The number of carbonyl (C=O) groups excluding carboxylic acids is 1. The summed E-state index contributed by atoms with van der Waals surface area (Å²) in [4.78, 5) is 11.7. The molecule has 0 fully saturated rings. The first-order valence-electron chi connectivity index (χ1n) is 6.32. The van der Waals surface area contributed by atoms with Crippen molar-refractivity contribution in [3.63, 3.8) is 0 Å². The van der Waals surface area contributed by atoms with Gasteiger partial charge in [-0.15, -0.1) is 13.2 Å². The highest BCUT2D eigenvalue weighted by Crippen LogP contribution is 2.36. The molecule has 0 aliphatic heterocycles. The zero-order valence-electron chi connectivity index (χ0n) is 11.7. The van der Waals surface area contributed by atoms with Crippen LogP contribution in [-0.2, 0) is 0 Å². The van der Waals surface area contributed by atoms with Gasteiger partial charge in [-0.05, 0) is 35.4 Å². The number of nitrogens with one attached hydrogen (secondary N) is 1. The Hall–Kier alpha value is -2.41. The minimum absolute atomic E-state index is 0.179. The maximum Gasteiger partial charge on any atom is 0.573 e. The largest absolute Gasteiger partial charge is 0.573 e. The van der Waals surface area contributed by atoms with Gasteiger partial charge in [-0.2, -0.15) is 0 Å². The molecule has 0 saturated carbocycles. The topological polar surface area (TPSA) is 58.6 Å². The van der Waals surface area contributed by atoms with Gasteiger partial charge in [0.25, 0.3) is 5.91 Å². The smallest absolute Gasteiger partial charge is 0.504 e. The molecule has 2 N–H and O–H groups in total. The van der Waals surface area contributed by atoms with Crippen molar-refractivity contribution in [2.75, 3.05) is 7.05 Å². The van der Waals surface area contributed by atoms with Crippen molar-refractivity contribution in [3.05, 3.63) is 47.0 Å². The van der Waals surface area contributed by atoms with Gasteiger partial charge >= 0.3 is 6.36 Å². The molecule has 0 aliphatic carbocycles. The predicted molar refractivity (Wildman–Crippen MR) is 78.6 cm³/mol. The van der Waals surface area contributed by atoms with Crippen molar-refractivity contribution in [1.29, 1.82) is 0 Å². The third-order valence-corrected chi connectivity index (χ3v) is 3.29. The Kier molecular flexibility index (Phi) is 4.70. The van der Waals surface area contributed by atoms with E-state index in [0.29, 0.717) is 11.1 Å².